The number of ether oxygens (including phenoxy) is 2. The summed E-state index contributed by atoms with van der Waals surface area (Å²) in [6.07, 6.45) is 0.873. The van der Waals surface area contributed by atoms with Crippen molar-refractivity contribution in [2.24, 2.45) is 11.1 Å². The number of amides is 1. The smallest absolute Gasteiger partial charge is 0.405 e. The molecule has 25 heavy (non-hydrogen) atoms. The molecule has 0 fully saturated rings. The molecule has 0 unspecified atom stereocenters. The first kappa shape index (κ1) is 17.3. The summed E-state index contributed by atoms with van der Waals surface area (Å²) in [6.45, 7) is 6.85. The van der Waals surface area contributed by atoms with Crippen molar-refractivity contribution in [1.29, 1.82) is 0 Å². The Morgan fingerprint density at radius 3 is 2.68 bits per heavy atom. The molecule has 0 heterocycles. The second kappa shape index (κ2) is 6.79. The number of carbonyl (C=O) groups excluding carboxylic acids is 1. The van der Waals surface area contributed by atoms with E-state index in [1.807, 2.05) is 19.1 Å². The predicted octanol–water partition coefficient (Wildman–Crippen LogP) is 4.86. The van der Waals surface area contributed by atoms with Gasteiger partial charge in [0.25, 0.3) is 0 Å². The molecule has 1 amide bonds. The van der Waals surface area contributed by atoms with Crippen molar-refractivity contribution in [3.05, 3.63) is 53.6 Å². The second-order valence-corrected chi connectivity index (χ2v) is 7.18. The predicted molar refractivity (Wildman–Crippen MR) is 98.6 cm³/mol. The van der Waals surface area contributed by atoms with Gasteiger partial charge in [-0.05, 0) is 54.2 Å². The van der Waals surface area contributed by atoms with Crippen LogP contribution in [0.3, 0.4) is 0 Å². The first-order valence-corrected chi connectivity index (χ1v) is 8.73. The first-order chi connectivity index (χ1) is 11.9. The number of nitrogens with two attached hydrogens (primary N) is 1. The van der Waals surface area contributed by atoms with Crippen molar-refractivity contribution in [2.45, 2.75) is 39.7 Å². The molecule has 1 atom stereocenters. The average molecular weight is 339 g/mol. The van der Waals surface area contributed by atoms with Gasteiger partial charge in [0.15, 0.2) is 0 Å². The van der Waals surface area contributed by atoms with Crippen LogP contribution < -0.4 is 10.5 Å². The minimum atomic E-state index is -0.723. The zero-order chi connectivity index (χ0) is 18.0. The summed E-state index contributed by atoms with van der Waals surface area (Å²) >= 11 is 0. The molecule has 1 aliphatic rings. The maximum atomic E-state index is 11.3. The zero-order valence-electron chi connectivity index (χ0n) is 15.0. The molecule has 0 saturated carbocycles. The maximum absolute atomic E-state index is 11.3. The van der Waals surface area contributed by atoms with Crippen molar-refractivity contribution in [3.63, 3.8) is 0 Å². The van der Waals surface area contributed by atoms with E-state index in [-0.39, 0.29) is 11.5 Å². The van der Waals surface area contributed by atoms with Gasteiger partial charge in [-0.25, -0.2) is 4.79 Å². The highest BCUT2D eigenvalue weighted by Gasteiger charge is 2.38. The number of carbonyl (C=O) groups is 1. The highest BCUT2D eigenvalue weighted by Crippen LogP contribution is 2.46. The lowest BCUT2D eigenvalue weighted by Gasteiger charge is -2.39. The fraction of sp³-hybridized carbons (Fsp3) is 0.381. The normalized spacial score (nSPS) is 18.3. The molecule has 0 radical (unpaired) electrons. The van der Waals surface area contributed by atoms with Crippen molar-refractivity contribution >= 4 is 6.09 Å². The molecule has 132 valence electrons. The van der Waals surface area contributed by atoms with E-state index in [1.54, 1.807) is 0 Å². The van der Waals surface area contributed by atoms with Crippen LogP contribution in [0.25, 0.3) is 11.1 Å². The van der Waals surface area contributed by atoms with Crippen molar-refractivity contribution in [1.82, 2.24) is 0 Å². The molecule has 0 aromatic heterocycles. The Labute approximate surface area is 148 Å². The minimum Gasteiger partial charge on any atom is -0.494 e. The molecule has 0 saturated heterocycles. The lowest BCUT2D eigenvalue weighted by Crippen LogP contribution is -2.33. The SMILES string of the molecule is CCOc1cccc(-c2ccc3c(c2)CCC(C)(C)[C@H]3OC(N)=O)c1. The number of rotatable bonds is 4. The molecule has 0 aliphatic heterocycles. The molecule has 3 rings (SSSR count). The molecule has 2 N–H and O–H groups in total. The summed E-state index contributed by atoms with van der Waals surface area (Å²) in [5.74, 6) is 0.869. The highest BCUT2D eigenvalue weighted by atomic mass is 16.6. The summed E-state index contributed by atoms with van der Waals surface area (Å²) in [5, 5.41) is 0. The Kier molecular flexibility index (Phi) is 4.71. The van der Waals surface area contributed by atoms with Gasteiger partial charge in [-0.1, -0.05) is 44.2 Å². The number of fused-ring (bicyclic) bond motifs is 1. The van der Waals surface area contributed by atoms with Crippen LogP contribution in [-0.2, 0) is 11.2 Å². The lowest BCUT2D eigenvalue weighted by atomic mass is 9.71. The van der Waals surface area contributed by atoms with Gasteiger partial charge in [0.05, 0.1) is 6.61 Å². The van der Waals surface area contributed by atoms with Gasteiger partial charge >= 0.3 is 6.09 Å². The second-order valence-electron chi connectivity index (χ2n) is 7.18. The first-order valence-electron chi connectivity index (χ1n) is 8.73. The van der Waals surface area contributed by atoms with E-state index in [9.17, 15) is 4.79 Å². The third-order valence-corrected chi connectivity index (χ3v) is 4.89. The van der Waals surface area contributed by atoms with Gasteiger partial charge in [0.2, 0.25) is 0 Å². The molecule has 4 heteroatoms. The molecule has 0 spiro atoms. The van der Waals surface area contributed by atoms with E-state index in [0.29, 0.717) is 6.61 Å². The van der Waals surface area contributed by atoms with Crippen LogP contribution in [0.1, 0.15) is 44.4 Å². The van der Waals surface area contributed by atoms with E-state index in [2.05, 4.69) is 44.2 Å². The molecule has 1 aliphatic carbocycles. The van der Waals surface area contributed by atoms with Gasteiger partial charge in [0, 0.05) is 5.41 Å². The molecular weight excluding hydrogens is 314 g/mol. The van der Waals surface area contributed by atoms with E-state index in [0.717, 1.165) is 35.3 Å². The third kappa shape index (κ3) is 3.63. The van der Waals surface area contributed by atoms with Crippen LogP contribution in [0.15, 0.2) is 42.5 Å². The lowest BCUT2D eigenvalue weighted by molar-refractivity contribution is 0.0147. The minimum absolute atomic E-state index is 0.127. The van der Waals surface area contributed by atoms with Gasteiger partial charge in [0.1, 0.15) is 11.9 Å². The maximum Gasteiger partial charge on any atom is 0.405 e. The largest absolute Gasteiger partial charge is 0.494 e. The van der Waals surface area contributed by atoms with E-state index in [1.165, 1.54) is 5.56 Å². The monoisotopic (exact) mass is 339 g/mol. The van der Waals surface area contributed by atoms with Gasteiger partial charge in [-0.2, -0.15) is 0 Å². The van der Waals surface area contributed by atoms with Crippen LogP contribution in [0.4, 0.5) is 4.79 Å². The number of hydrogen-bond acceptors (Lipinski definition) is 3. The number of aryl methyl sites for hydroxylation is 1. The molecule has 0 bridgehead atoms. The Hall–Kier alpha value is -2.49. The van der Waals surface area contributed by atoms with Crippen LogP contribution in [0.5, 0.6) is 5.75 Å². The number of benzene rings is 2. The number of primary amides is 1. The molecular formula is C21H25NO3. The Bertz CT molecular complexity index is 782. The van der Waals surface area contributed by atoms with Crippen molar-refractivity contribution in [3.8, 4) is 16.9 Å². The number of hydrogen-bond donors (Lipinski definition) is 1. The van der Waals surface area contributed by atoms with Crippen LogP contribution >= 0.6 is 0 Å². The van der Waals surface area contributed by atoms with Crippen LogP contribution in [-0.4, -0.2) is 12.7 Å². The summed E-state index contributed by atoms with van der Waals surface area (Å²) in [4.78, 5) is 11.3. The van der Waals surface area contributed by atoms with E-state index >= 15 is 0 Å². The van der Waals surface area contributed by atoms with E-state index < -0.39 is 6.09 Å². The van der Waals surface area contributed by atoms with Gasteiger partial charge in [-0.3, -0.25) is 0 Å². The van der Waals surface area contributed by atoms with Crippen molar-refractivity contribution in [2.75, 3.05) is 6.61 Å². The van der Waals surface area contributed by atoms with Gasteiger partial charge < -0.3 is 15.2 Å². The standard InChI is InChI=1S/C21H25NO3/c1-4-24-17-7-5-6-14(13-17)15-8-9-18-16(12-15)10-11-21(2,3)19(18)25-20(22)23/h5-9,12-13,19H,4,10-11H2,1-3H3,(H2,22,23)/t19-/m0/s1. The molecule has 2 aromatic carbocycles. The summed E-state index contributed by atoms with van der Waals surface area (Å²) < 4.78 is 11.0. The third-order valence-electron chi connectivity index (χ3n) is 4.89. The Balaban J connectivity index is 1.97. The zero-order valence-corrected chi connectivity index (χ0v) is 15.0. The topological polar surface area (TPSA) is 61.6 Å². The van der Waals surface area contributed by atoms with Crippen LogP contribution in [0, 0.1) is 5.41 Å². The fourth-order valence-corrected chi connectivity index (χ4v) is 3.54. The Morgan fingerprint density at radius 1 is 1.20 bits per heavy atom. The van der Waals surface area contributed by atoms with Crippen LogP contribution in [0.2, 0.25) is 0 Å². The molecule has 2 aromatic rings. The van der Waals surface area contributed by atoms with Crippen molar-refractivity contribution < 1.29 is 14.3 Å². The summed E-state index contributed by atoms with van der Waals surface area (Å²) in [7, 11) is 0. The highest BCUT2D eigenvalue weighted by molar-refractivity contribution is 5.68. The summed E-state index contributed by atoms with van der Waals surface area (Å²) in [6, 6.07) is 14.4. The quantitative estimate of drug-likeness (QED) is 0.865. The summed E-state index contributed by atoms with van der Waals surface area (Å²) in [5.41, 5.74) is 9.69. The van der Waals surface area contributed by atoms with E-state index in [4.69, 9.17) is 15.2 Å². The molecule has 4 nitrogen and oxygen atoms in total. The average Bonchev–Trinajstić information content (AvgIpc) is 2.57. The Morgan fingerprint density at radius 2 is 1.96 bits per heavy atom. The fourth-order valence-electron chi connectivity index (χ4n) is 3.54. The van der Waals surface area contributed by atoms with Gasteiger partial charge in [-0.15, -0.1) is 0 Å².